The van der Waals surface area contributed by atoms with E-state index in [-0.39, 0.29) is 12.4 Å². The standard InChI is InChI=1S/C12H17N3O2/c1-17-11(16)7-8-14-12(13)15-9-10-5-3-2-4-6-10/h2-6H,7-9H2,1H3,(H3,13,14,15). The van der Waals surface area contributed by atoms with E-state index in [1.165, 1.54) is 7.11 Å². The maximum absolute atomic E-state index is 10.8. The van der Waals surface area contributed by atoms with Crippen LogP contribution in [0.1, 0.15) is 12.0 Å². The van der Waals surface area contributed by atoms with Crippen molar-refractivity contribution in [3.05, 3.63) is 35.9 Å². The van der Waals surface area contributed by atoms with Gasteiger partial charge in [0.15, 0.2) is 5.96 Å². The van der Waals surface area contributed by atoms with Crippen molar-refractivity contribution in [2.45, 2.75) is 13.0 Å². The number of nitrogens with one attached hydrogen (secondary N) is 1. The number of hydrogen-bond donors (Lipinski definition) is 2. The first kappa shape index (κ1) is 13.0. The molecule has 5 heteroatoms. The molecule has 1 aromatic carbocycles. The van der Waals surface area contributed by atoms with Crippen molar-refractivity contribution in [3.8, 4) is 0 Å². The summed E-state index contributed by atoms with van der Waals surface area (Å²) in [6.07, 6.45) is 0.276. The Morgan fingerprint density at radius 1 is 1.41 bits per heavy atom. The largest absolute Gasteiger partial charge is 0.469 e. The van der Waals surface area contributed by atoms with Gasteiger partial charge in [0.25, 0.3) is 0 Å². The van der Waals surface area contributed by atoms with Crippen LogP contribution in [0.4, 0.5) is 0 Å². The summed E-state index contributed by atoms with van der Waals surface area (Å²) in [5, 5.41) is 2.85. The molecule has 0 aliphatic rings. The van der Waals surface area contributed by atoms with E-state index >= 15 is 0 Å². The molecule has 0 amide bonds. The van der Waals surface area contributed by atoms with Gasteiger partial charge in [-0.3, -0.25) is 4.79 Å². The molecule has 0 radical (unpaired) electrons. The van der Waals surface area contributed by atoms with Gasteiger partial charge >= 0.3 is 5.97 Å². The number of rotatable bonds is 5. The fourth-order valence-corrected chi connectivity index (χ4v) is 1.21. The van der Waals surface area contributed by atoms with Gasteiger partial charge in [-0.05, 0) is 5.56 Å². The van der Waals surface area contributed by atoms with Crippen molar-refractivity contribution >= 4 is 11.9 Å². The fourth-order valence-electron chi connectivity index (χ4n) is 1.21. The summed E-state index contributed by atoms with van der Waals surface area (Å²) in [6, 6.07) is 9.80. The molecule has 5 nitrogen and oxygen atoms in total. The summed E-state index contributed by atoms with van der Waals surface area (Å²) in [6.45, 7) is 0.953. The molecular weight excluding hydrogens is 218 g/mol. The second-order valence-electron chi connectivity index (χ2n) is 3.44. The number of nitrogens with zero attached hydrogens (tertiary/aromatic N) is 1. The van der Waals surface area contributed by atoms with Crippen LogP contribution in [-0.2, 0) is 16.1 Å². The highest BCUT2D eigenvalue weighted by Crippen LogP contribution is 1.99. The number of guanidine groups is 1. The Bertz CT molecular complexity index is 377. The molecule has 0 heterocycles. The summed E-state index contributed by atoms with van der Waals surface area (Å²) >= 11 is 0. The van der Waals surface area contributed by atoms with E-state index in [0.717, 1.165) is 5.56 Å². The molecule has 0 atom stereocenters. The van der Waals surface area contributed by atoms with Crippen LogP contribution in [0.15, 0.2) is 35.3 Å². The Labute approximate surface area is 101 Å². The predicted octanol–water partition coefficient (Wildman–Crippen LogP) is 0.654. The van der Waals surface area contributed by atoms with Crippen molar-refractivity contribution < 1.29 is 9.53 Å². The first-order valence-electron chi connectivity index (χ1n) is 5.37. The number of benzene rings is 1. The third-order valence-electron chi connectivity index (χ3n) is 2.14. The SMILES string of the molecule is COC(=O)CCNC(N)=NCc1ccccc1. The molecule has 1 aromatic rings. The van der Waals surface area contributed by atoms with Crippen molar-refractivity contribution in [2.24, 2.45) is 10.7 Å². The first-order valence-corrected chi connectivity index (χ1v) is 5.37. The number of hydrogen-bond acceptors (Lipinski definition) is 3. The average molecular weight is 235 g/mol. The first-order chi connectivity index (χ1) is 8.22. The molecule has 0 unspecified atom stereocenters. The van der Waals surface area contributed by atoms with Gasteiger partial charge in [-0.1, -0.05) is 30.3 Å². The number of methoxy groups -OCH3 is 1. The number of esters is 1. The summed E-state index contributed by atoms with van der Waals surface area (Å²) in [4.78, 5) is 15.0. The van der Waals surface area contributed by atoms with Gasteiger partial charge < -0.3 is 15.8 Å². The maximum Gasteiger partial charge on any atom is 0.307 e. The van der Waals surface area contributed by atoms with Gasteiger partial charge in [-0.2, -0.15) is 0 Å². The van der Waals surface area contributed by atoms with Crippen LogP contribution in [0.3, 0.4) is 0 Å². The summed E-state index contributed by atoms with van der Waals surface area (Å²) in [5.41, 5.74) is 6.72. The molecule has 1 rings (SSSR count). The summed E-state index contributed by atoms with van der Waals surface area (Å²) in [7, 11) is 1.36. The third kappa shape index (κ3) is 5.55. The monoisotopic (exact) mass is 235 g/mol. The minimum Gasteiger partial charge on any atom is -0.469 e. The molecule has 0 aromatic heterocycles. The predicted molar refractivity (Wildman–Crippen MR) is 66.4 cm³/mol. The number of ether oxygens (including phenoxy) is 1. The zero-order chi connectivity index (χ0) is 12.5. The van der Waals surface area contributed by atoms with Gasteiger partial charge in [0, 0.05) is 6.54 Å². The Morgan fingerprint density at radius 2 is 2.12 bits per heavy atom. The van der Waals surface area contributed by atoms with Crippen LogP contribution in [0.25, 0.3) is 0 Å². The fraction of sp³-hybridized carbons (Fsp3) is 0.333. The average Bonchev–Trinajstić information content (AvgIpc) is 2.37. The molecule has 0 aliphatic carbocycles. The van der Waals surface area contributed by atoms with Crippen LogP contribution < -0.4 is 11.1 Å². The molecule has 0 fully saturated rings. The molecule has 0 spiro atoms. The van der Waals surface area contributed by atoms with Gasteiger partial charge in [-0.25, -0.2) is 4.99 Å². The molecule has 17 heavy (non-hydrogen) atoms. The van der Waals surface area contributed by atoms with E-state index in [9.17, 15) is 4.79 Å². The van der Waals surface area contributed by atoms with Crippen molar-refractivity contribution in [1.82, 2.24) is 5.32 Å². The highest BCUT2D eigenvalue weighted by atomic mass is 16.5. The lowest BCUT2D eigenvalue weighted by molar-refractivity contribution is -0.140. The van der Waals surface area contributed by atoms with Gasteiger partial charge in [-0.15, -0.1) is 0 Å². The number of aliphatic imine (C=N–C) groups is 1. The lowest BCUT2D eigenvalue weighted by Gasteiger charge is -2.04. The summed E-state index contributed by atoms with van der Waals surface area (Å²) in [5.74, 6) is 0.0612. The highest BCUT2D eigenvalue weighted by Gasteiger charge is 1.99. The van der Waals surface area contributed by atoms with E-state index in [2.05, 4.69) is 15.0 Å². The van der Waals surface area contributed by atoms with Crippen LogP contribution in [-0.4, -0.2) is 25.6 Å². The van der Waals surface area contributed by atoms with E-state index in [4.69, 9.17) is 5.73 Å². The number of nitrogens with two attached hydrogens (primary N) is 1. The lowest BCUT2D eigenvalue weighted by Crippen LogP contribution is -2.33. The smallest absolute Gasteiger partial charge is 0.307 e. The van der Waals surface area contributed by atoms with Crippen molar-refractivity contribution in [2.75, 3.05) is 13.7 Å². The lowest BCUT2D eigenvalue weighted by atomic mass is 10.2. The van der Waals surface area contributed by atoms with Crippen LogP contribution in [0.2, 0.25) is 0 Å². The second kappa shape index (κ2) is 7.27. The molecule has 3 N–H and O–H groups in total. The normalized spacial score (nSPS) is 11.0. The van der Waals surface area contributed by atoms with E-state index < -0.39 is 0 Å². The zero-order valence-electron chi connectivity index (χ0n) is 9.85. The van der Waals surface area contributed by atoms with E-state index in [0.29, 0.717) is 19.0 Å². The van der Waals surface area contributed by atoms with E-state index in [1.807, 2.05) is 30.3 Å². The molecule has 92 valence electrons. The summed E-state index contributed by atoms with van der Waals surface area (Å²) < 4.78 is 4.50. The Morgan fingerprint density at radius 3 is 2.76 bits per heavy atom. The molecule has 0 bridgehead atoms. The van der Waals surface area contributed by atoms with Crippen LogP contribution >= 0.6 is 0 Å². The molecule has 0 aliphatic heterocycles. The van der Waals surface area contributed by atoms with Gasteiger partial charge in [0.2, 0.25) is 0 Å². The topological polar surface area (TPSA) is 76.7 Å². The zero-order valence-corrected chi connectivity index (χ0v) is 9.85. The Hall–Kier alpha value is -2.04. The molecule has 0 saturated carbocycles. The molecular formula is C12H17N3O2. The van der Waals surface area contributed by atoms with Crippen LogP contribution in [0.5, 0.6) is 0 Å². The van der Waals surface area contributed by atoms with Gasteiger partial charge in [0.05, 0.1) is 20.1 Å². The number of carbonyl (C=O) groups excluding carboxylic acids is 1. The van der Waals surface area contributed by atoms with Crippen LogP contribution in [0, 0.1) is 0 Å². The van der Waals surface area contributed by atoms with Gasteiger partial charge in [0.1, 0.15) is 0 Å². The third-order valence-corrected chi connectivity index (χ3v) is 2.14. The van der Waals surface area contributed by atoms with Crippen molar-refractivity contribution in [1.29, 1.82) is 0 Å². The second-order valence-corrected chi connectivity index (χ2v) is 3.44. The maximum atomic E-state index is 10.8. The van der Waals surface area contributed by atoms with Crippen molar-refractivity contribution in [3.63, 3.8) is 0 Å². The Balaban J connectivity index is 2.28. The Kier molecular flexibility index (Phi) is 5.57. The quantitative estimate of drug-likeness (QED) is 0.446. The number of carbonyl (C=O) groups is 1. The molecule has 0 saturated heterocycles. The minimum absolute atomic E-state index is 0.270. The van der Waals surface area contributed by atoms with E-state index in [1.54, 1.807) is 0 Å². The highest BCUT2D eigenvalue weighted by molar-refractivity contribution is 5.78. The minimum atomic E-state index is -0.270.